The smallest absolute Gasteiger partial charge is 0.0776 e. The zero-order valence-electron chi connectivity index (χ0n) is 13.5. The van der Waals surface area contributed by atoms with Gasteiger partial charge in [-0.15, -0.1) is 0 Å². The van der Waals surface area contributed by atoms with Crippen molar-refractivity contribution in [1.29, 1.82) is 0 Å². The highest BCUT2D eigenvalue weighted by atomic mass is 32.2. The summed E-state index contributed by atoms with van der Waals surface area (Å²) in [6.45, 7) is 6.27. The third kappa shape index (κ3) is 6.58. The molecule has 21 heavy (non-hydrogen) atoms. The molecular weight excluding hydrogens is 280 g/mol. The molecule has 0 radical (unpaired) electrons. The molecule has 0 amide bonds. The van der Waals surface area contributed by atoms with E-state index in [0.29, 0.717) is 0 Å². The van der Waals surface area contributed by atoms with Gasteiger partial charge < -0.3 is 5.11 Å². The topological polar surface area (TPSA) is 37.3 Å². The highest BCUT2D eigenvalue weighted by molar-refractivity contribution is 7.88. The van der Waals surface area contributed by atoms with Gasteiger partial charge in [0.05, 0.1) is 16.9 Å². The van der Waals surface area contributed by atoms with E-state index in [-0.39, 0.29) is 0 Å². The number of unbranched alkanes of at least 4 members (excludes halogenated alkanes) is 2. The van der Waals surface area contributed by atoms with Crippen LogP contribution in [0.1, 0.15) is 57.9 Å². The van der Waals surface area contributed by atoms with Crippen molar-refractivity contribution >= 4 is 10.8 Å². The maximum atomic E-state index is 12.4. The summed E-state index contributed by atoms with van der Waals surface area (Å²) in [5.74, 6) is 0. The van der Waals surface area contributed by atoms with Gasteiger partial charge in [0, 0.05) is 10.3 Å². The molecule has 1 rings (SSSR count). The van der Waals surface area contributed by atoms with Crippen LogP contribution < -0.4 is 0 Å². The molecule has 0 unspecified atom stereocenters. The maximum absolute atomic E-state index is 12.4. The fourth-order valence-corrected chi connectivity index (χ4v) is 3.24. The molecule has 0 heterocycles. The van der Waals surface area contributed by atoms with Gasteiger partial charge in [0.2, 0.25) is 0 Å². The highest BCUT2D eigenvalue weighted by Gasteiger charge is 2.12. The van der Waals surface area contributed by atoms with Crippen molar-refractivity contribution in [2.45, 2.75) is 70.3 Å². The molecule has 0 aliphatic carbocycles. The summed E-state index contributed by atoms with van der Waals surface area (Å²) in [6, 6.07) is 7.75. The van der Waals surface area contributed by atoms with Gasteiger partial charge in [-0.05, 0) is 43.9 Å². The fraction of sp³-hybridized carbons (Fsp3) is 0.556. The fourth-order valence-electron chi connectivity index (χ4n) is 2.15. The predicted molar refractivity (Wildman–Crippen MR) is 90.7 cm³/mol. The van der Waals surface area contributed by atoms with Crippen molar-refractivity contribution in [3.8, 4) is 0 Å². The minimum atomic E-state index is -1.17. The Balaban J connectivity index is 2.84. The van der Waals surface area contributed by atoms with E-state index in [9.17, 15) is 9.32 Å². The molecule has 2 nitrogen and oxygen atoms in total. The van der Waals surface area contributed by atoms with E-state index in [2.05, 4.69) is 13.8 Å². The van der Waals surface area contributed by atoms with Crippen LogP contribution in [0, 0.1) is 6.92 Å². The summed E-state index contributed by atoms with van der Waals surface area (Å²) in [7, 11) is -1.17. The Labute approximate surface area is 131 Å². The number of hydrogen-bond acceptors (Lipinski definition) is 2. The summed E-state index contributed by atoms with van der Waals surface area (Å²) >= 11 is 0. The molecule has 1 aromatic carbocycles. The minimum absolute atomic E-state index is 0.453. The Morgan fingerprint density at radius 1 is 1.19 bits per heavy atom. The van der Waals surface area contributed by atoms with Gasteiger partial charge in [-0.3, -0.25) is 0 Å². The number of aryl methyl sites for hydroxylation is 1. The molecule has 2 atom stereocenters. The van der Waals surface area contributed by atoms with Gasteiger partial charge >= 0.3 is 0 Å². The van der Waals surface area contributed by atoms with Crippen molar-refractivity contribution in [3.63, 3.8) is 0 Å². The monoisotopic (exact) mass is 308 g/mol. The van der Waals surface area contributed by atoms with E-state index >= 15 is 0 Å². The van der Waals surface area contributed by atoms with E-state index in [1.54, 1.807) is 5.41 Å². The lowest BCUT2D eigenvalue weighted by Crippen LogP contribution is -2.11. The first-order valence-corrected chi connectivity index (χ1v) is 9.15. The van der Waals surface area contributed by atoms with Gasteiger partial charge in [-0.25, -0.2) is 4.21 Å². The summed E-state index contributed by atoms with van der Waals surface area (Å²) in [6.07, 6.45) is 5.32. The zero-order chi connectivity index (χ0) is 15.7. The number of hydrogen-bond donors (Lipinski definition) is 1. The third-order valence-electron chi connectivity index (χ3n) is 3.59. The molecule has 3 heteroatoms. The third-order valence-corrected chi connectivity index (χ3v) is 4.84. The lowest BCUT2D eigenvalue weighted by atomic mass is 10.0. The SMILES string of the molecule is CCCC/C(=C/[S@@](=O)c1ccc(C)cc1)[C@@H](O)CCCC. The first kappa shape index (κ1) is 18.1. The van der Waals surface area contributed by atoms with E-state index in [0.717, 1.165) is 54.6 Å². The molecule has 0 fully saturated rings. The molecule has 0 aliphatic rings. The quantitative estimate of drug-likeness (QED) is 0.716. The molecule has 0 spiro atoms. The second-order valence-electron chi connectivity index (χ2n) is 5.56. The van der Waals surface area contributed by atoms with Crippen molar-refractivity contribution in [3.05, 3.63) is 40.8 Å². The Morgan fingerprint density at radius 3 is 2.38 bits per heavy atom. The Hall–Kier alpha value is -0.930. The van der Waals surface area contributed by atoms with Crippen LogP contribution in [-0.4, -0.2) is 15.4 Å². The number of aliphatic hydroxyl groups is 1. The van der Waals surface area contributed by atoms with Gasteiger partial charge in [0.25, 0.3) is 0 Å². The van der Waals surface area contributed by atoms with Crippen LogP contribution in [0.15, 0.2) is 40.1 Å². The van der Waals surface area contributed by atoms with E-state index in [1.165, 1.54) is 0 Å². The lowest BCUT2D eigenvalue weighted by molar-refractivity contribution is 0.192. The summed E-state index contributed by atoms with van der Waals surface area (Å²) in [5.41, 5.74) is 2.10. The van der Waals surface area contributed by atoms with Crippen LogP contribution in [0.3, 0.4) is 0 Å². The van der Waals surface area contributed by atoms with Crippen molar-refractivity contribution in [2.75, 3.05) is 0 Å². The Kier molecular flexibility index (Phi) is 8.55. The van der Waals surface area contributed by atoms with Gasteiger partial charge in [-0.1, -0.05) is 50.8 Å². The van der Waals surface area contributed by atoms with Gasteiger partial charge in [0.1, 0.15) is 0 Å². The van der Waals surface area contributed by atoms with E-state index < -0.39 is 16.9 Å². The number of aliphatic hydroxyl groups excluding tert-OH is 1. The van der Waals surface area contributed by atoms with Crippen LogP contribution in [-0.2, 0) is 10.8 Å². The average molecular weight is 308 g/mol. The second kappa shape index (κ2) is 9.91. The molecule has 0 saturated heterocycles. The molecule has 0 aromatic heterocycles. The molecular formula is C18H28O2S. The molecule has 0 saturated carbocycles. The molecule has 118 valence electrons. The summed E-state index contributed by atoms with van der Waals surface area (Å²) < 4.78 is 12.4. The van der Waals surface area contributed by atoms with E-state index in [4.69, 9.17) is 0 Å². The van der Waals surface area contributed by atoms with Crippen LogP contribution in [0.5, 0.6) is 0 Å². The molecule has 0 bridgehead atoms. The van der Waals surface area contributed by atoms with Crippen LogP contribution in [0.25, 0.3) is 0 Å². The number of rotatable bonds is 9. The van der Waals surface area contributed by atoms with E-state index in [1.807, 2.05) is 31.2 Å². The normalized spacial score (nSPS) is 15.0. The largest absolute Gasteiger partial charge is 0.389 e. The molecule has 1 aromatic rings. The van der Waals surface area contributed by atoms with Crippen molar-refractivity contribution in [1.82, 2.24) is 0 Å². The van der Waals surface area contributed by atoms with Crippen molar-refractivity contribution < 1.29 is 9.32 Å². The van der Waals surface area contributed by atoms with Crippen molar-refractivity contribution in [2.24, 2.45) is 0 Å². The highest BCUT2D eigenvalue weighted by Crippen LogP contribution is 2.20. The zero-order valence-corrected chi connectivity index (χ0v) is 14.3. The maximum Gasteiger partial charge on any atom is 0.0776 e. The molecule has 0 aliphatic heterocycles. The summed E-state index contributed by atoms with van der Waals surface area (Å²) in [5, 5.41) is 12.1. The standard InChI is InChI=1S/C18H28O2S/c1-4-6-8-16(18(19)9-7-5-2)14-21(20)17-12-10-15(3)11-13-17/h10-14,18-19H,4-9H2,1-3H3/b16-14-/t18-,21+/m0/s1. The second-order valence-corrected chi connectivity index (χ2v) is 6.87. The average Bonchev–Trinajstić information content (AvgIpc) is 2.49. The molecule has 1 N–H and O–H groups in total. The van der Waals surface area contributed by atoms with Gasteiger partial charge in [-0.2, -0.15) is 0 Å². The van der Waals surface area contributed by atoms with Crippen LogP contribution in [0.4, 0.5) is 0 Å². The Morgan fingerprint density at radius 2 is 1.81 bits per heavy atom. The summed E-state index contributed by atoms with van der Waals surface area (Å²) in [4.78, 5) is 0.803. The first-order chi connectivity index (χ1) is 10.1. The minimum Gasteiger partial charge on any atom is -0.389 e. The Bertz CT molecular complexity index is 463. The van der Waals surface area contributed by atoms with Crippen LogP contribution in [0.2, 0.25) is 0 Å². The number of benzene rings is 1. The van der Waals surface area contributed by atoms with Gasteiger partial charge in [0.15, 0.2) is 0 Å². The first-order valence-electron chi connectivity index (χ1n) is 7.94. The lowest BCUT2D eigenvalue weighted by Gasteiger charge is -2.14. The predicted octanol–water partition coefficient (Wildman–Crippen LogP) is 4.73. The van der Waals surface area contributed by atoms with Crippen LogP contribution >= 0.6 is 0 Å².